The lowest BCUT2D eigenvalue weighted by Gasteiger charge is -2.44. The number of rotatable bonds is 4. The number of nitriles is 1. The van der Waals surface area contributed by atoms with Gasteiger partial charge in [-0.1, -0.05) is 13.8 Å². The Morgan fingerprint density at radius 3 is 2.78 bits per heavy atom. The normalized spacial score (nSPS) is 22.3. The Balaban J connectivity index is 2.75. The molecule has 0 aromatic rings. The molecule has 0 spiro atoms. The molecule has 0 aliphatic carbocycles. The molecule has 1 unspecified atom stereocenters. The van der Waals surface area contributed by atoms with E-state index in [1.807, 2.05) is 19.9 Å². The molecule has 0 bridgehead atoms. The van der Waals surface area contributed by atoms with Gasteiger partial charge in [-0.2, -0.15) is 5.26 Å². The molecule has 1 aliphatic rings. The second-order valence-corrected chi connectivity index (χ2v) is 6.06. The van der Waals surface area contributed by atoms with Gasteiger partial charge in [-0.05, 0) is 18.3 Å². The van der Waals surface area contributed by atoms with Gasteiger partial charge >= 0.3 is 5.97 Å². The van der Waals surface area contributed by atoms with E-state index >= 15 is 0 Å². The number of carboxylic acid groups (broad SMARTS) is 1. The van der Waals surface area contributed by atoms with Crippen molar-refractivity contribution in [2.75, 3.05) is 18.1 Å². The summed E-state index contributed by atoms with van der Waals surface area (Å²) < 4.78 is 0. The molecule has 0 aromatic carbocycles. The number of carbonyl (C=O) groups is 2. The Hall–Kier alpha value is -1.22. The fourth-order valence-electron chi connectivity index (χ4n) is 2.40. The Morgan fingerprint density at radius 1 is 1.56 bits per heavy atom. The zero-order valence-electron chi connectivity index (χ0n) is 10.7. The SMILES string of the molecule is CC1(C)CCCN(C(=O)CSCC#N)C1C(=O)O. The monoisotopic (exact) mass is 270 g/mol. The van der Waals surface area contributed by atoms with E-state index in [9.17, 15) is 14.7 Å². The maximum atomic E-state index is 12.0. The molecule has 6 heteroatoms. The van der Waals surface area contributed by atoms with E-state index in [0.717, 1.165) is 12.8 Å². The van der Waals surface area contributed by atoms with Crippen molar-refractivity contribution in [3.05, 3.63) is 0 Å². The van der Waals surface area contributed by atoms with Crippen molar-refractivity contribution < 1.29 is 14.7 Å². The van der Waals surface area contributed by atoms with Gasteiger partial charge in [0.2, 0.25) is 5.91 Å². The van der Waals surface area contributed by atoms with Gasteiger partial charge in [0.15, 0.2) is 0 Å². The molecular weight excluding hydrogens is 252 g/mol. The smallest absolute Gasteiger partial charge is 0.326 e. The van der Waals surface area contributed by atoms with Crippen LogP contribution in [0.25, 0.3) is 0 Å². The summed E-state index contributed by atoms with van der Waals surface area (Å²) in [5.41, 5.74) is -0.403. The predicted octanol–water partition coefficient (Wildman–Crippen LogP) is 1.34. The number of hydrogen-bond donors (Lipinski definition) is 1. The number of carboxylic acids is 1. The number of piperidine rings is 1. The summed E-state index contributed by atoms with van der Waals surface area (Å²) in [5, 5.41) is 17.7. The Kier molecular flexibility index (Phi) is 5.03. The highest BCUT2D eigenvalue weighted by molar-refractivity contribution is 8.00. The van der Waals surface area contributed by atoms with E-state index in [4.69, 9.17) is 5.26 Å². The number of nitrogens with zero attached hydrogens (tertiary/aromatic N) is 2. The fourth-order valence-corrected chi connectivity index (χ4v) is 2.93. The summed E-state index contributed by atoms with van der Waals surface area (Å²) in [6.07, 6.45) is 1.63. The molecule has 0 radical (unpaired) electrons. The second-order valence-electron chi connectivity index (χ2n) is 5.07. The molecular formula is C12H18N2O3S. The highest BCUT2D eigenvalue weighted by Gasteiger charge is 2.44. The van der Waals surface area contributed by atoms with E-state index in [-0.39, 0.29) is 17.4 Å². The number of aliphatic carboxylic acids is 1. The number of likely N-dealkylation sites (tertiary alicyclic amines) is 1. The molecule has 5 nitrogen and oxygen atoms in total. The van der Waals surface area contributed by atoms with Gasteiger partial charge in [0.05, 0.1) is 17.6 Å². The van der Waals surface area contributed by atoms with Gasteiger partial charge in [0.25, 0.3) is 0 Å². The van der Waals surface area contributed by atoms with E-state index in [1.165, 1.54) is 16.7 Å². The highest BCUT2D eigenvalue weighted by Crippen LogP contribution is 2.35. The number of carbonyl (C=O) groups excluding carboxylic acids is 1. The van der Waals surface area contributed by atoms with E-state index in [2.05, 4.69) is 0 Å². The van der Waals surface area contributed by atoms with Gasteiger partial charge in [-0.15, -0.1) is 11.8 Å². The van der Waals surface area contributed by atoms with Crippen LogP contribution in [-0.2, 0) is 9.59 Å². The standard InChI is InChI=1S/C12H18N2O3S/c1-12(2)4-3-6-14(10(12)11(16)17)9(15)8-18-7-5-13/h10H,3-4,6-8H2,1-2H3,(H,16,17). The lowest BCUT2D eigenvalue weighted by molar-refractivity contribution is -0.157. The zero-order valence-corrected chi connectivity index (χ0v) is 11.5. The summed E-state index contributed by atoms with van der Waals surface area (Å²) in [5.74, 6) is -0.706. The van der Waals surface area contributed by atoms with Crippen LogP contribution < -0.4 is 0 Å². The van der Waals surface area contributed by atoms with Crippen molar-refractivity contribution in [3.8, 4) is 6.07 Å². The lowest BCUT2D eigenvalue weighted by Crippen LogP contribution is -2.56. The van der Waals surface area contributed by atoms with Gasteiger partial charge < -0.3 is 10.0 Å². The van der Waals surface area contributed by atoms with Crippen molar-refractivity contribution in [2.24, 2.45) is 5.41 Å². The third kappa shape index (κ3) is 3.39. The molecule has 1 amide bonds. The molecule has 0 saturated carbocycles. The molecule has 1 saturated heterocycles. The van der Waals surface area contributed by atoms with Crippen molar-refractivity contribution in [2.45, 2.75) is 32.7 Å². The minimum Gasteiger partial charge on any atom is -0.480 e. The molecule has 1 atom stereocenters. The minimum atomic E-state index is -0.946. The van der Waals surface area contributed by atoms with E-state index < -0.39 is 17.4 Å². The van der Waals surface area contributed by atoms with Crippen LogP contribution in [0, 0.1) is 16.7 Å². The molecule has 1 rings (SSSR count). The first-order valence-corrected chi connectivity index (χ1v) is 7.02. The van der Waals surface area contributed by atoms with Crippen LogP contribution in [0.5, 0.6) is 0 Å². The topological polar surface area (TPSA) is 81.4 Å². The molecule has 0 aromatic heterocycles. The molecule has 100 valence electrons. The first-order chi connectivity index (χ1) is 8.40. The number of thioether (sulfide) groups is 1. The van der Waals surface area contributed by atoms with E-state index in [1.54, 1.807) is 0 Å². The third-order valence-electron chi connectivity index (χ3n) is 3.22. The third-order valence-corrected chi connectivity index (χ3v) is 4.00. The predicted molar refractivity (Wildman–Crippen MR) is 69.1 cm³/mol. The van der Waals surface area contributed by atoms with Crippen molar-refractivity contribution in [1.82, 2.24) is 4.90 Å². The maximum Gasteiger partial charge on any atom is 0.326 e. The second kappa shape index (κ2) is 6.10. The lowest BCUT2D eigenvalue weighted by atomic mass is 9.76. The van der Waals surface area contributed by atoms with Crippen molar-refractivity contribution in [3.63, 3.8) is 0 Å². The van der Waals surface area contributed by atoms with Gasteiger partial charge in [0.1, 0.15) is 6.04 Å². The van der Waals surface area contributed by atoms with Crippen molar-refractivity contribution in [1.29, 1.82) is 5.26 Å². The van der Waals surface area contributed by atoms with Crippen LogP contribution in [0.4, 0.5) is 0 Å². The van der Waals surface area contributed by atoms with Gasteiger partial charge in [-0.25, -0.2) is 4.79 Å². The van der Waals surface area contributed by atoms with Crippen LogP contribution in [0.2, 0.25) is 0 Å². The van der Waals surface area contributed by atoms with Crippen LogP contribution in [0.1, 0.15) is 26.7 Å². The Morgan fingerprint density at radius 2 is 2.22 bits per heavy atom. The number of hydrogen-bond acceptors (Lipinski definition) is 4. The average Bonchev–Trinajstić information content (AvgIpc) is 2.26. The minimum absolute atomic E-state index is 0.174. The molecule has 18 heavy (non-hydrogen) atoms. The van der Waals surface area contributed by atoms with E-state index in [0.29, 0.717) is 6.54 Å². The highest BCUT2D eigenvalue weighted by atomic mass is 32.2. The average molecular weight is 270 g/mol. The fraction of sp³-hybridized carbons (Fsp3) is 0.750. The summed E-state index contributed by atoms with van der Waals surface area (Å²) in [4.78, 5) is 24.8. The van der Waals surface area contributed by atoms with Crippen LogP contribution >= 0.6 is 11.8 Å². The van der Waals surface area contributed by atoms with Gasteiger partial charge in [-0.3, -0.25) is 4.79 Å². The molecule has 1 aliphatic heterocycles. The summed E-state index contributed by atoms with van der Waals surface area (Å²) in [7, 11) is 0. The molecule has 1 heterocycles. The first-order valence-electron chi connectivity index (χ1n) is 5.87. The van der Waals surface area contributed by atoms with Crippen LogP contribution in [0.15, 0.2) is 0 Å². The van der Waals surface area contributed by atoms with Crippen LogP contribution in [-0.4, -0.2) is 46.0 Å². The summed E-state index contributed by atoms with van der Waals surface area (Å²) >= 11 is 1.22. The number of amides is 1. The summed E-state index contributed by atoms with van der Waals surface area (Å²) in [6, 6.07) is 1.19. The van der Waals surface area contributed by atoms with Gasteiger partial charge in [0, 0.05) is 6.54 Å². The van der Waals surface area contributed by atoms with Crippen molar-refractivity contribution >= 4 is 23.6 Å². The molecule has 1 N–H and O–H groups in total. The maximum absolute atomic E-state index is 12.0. The Labute approximate surface area is 111 Å². The Bertz CT molecular complexity index is 376. The van der Waals surface area contributed by atoms with Crippen LogP contribution in [0.3, 0.4) is 0 Å². The first kappa shape index (κ1) is 14.8. The quantitative estimate of drug-likeness (QED) is 0.780. The largest absolute Gasteiger partial charge is 0.480 e. The summed E-state index contributed by atoms with van der Waals surface area (Å²) in [6.45, 7) is 4.26. The zero-order chi connectivity index (χ0) is 13.8. The molecule has 1 fully saturated rings.